The molecule has 1 saturated heterocycles. The Morgan fingerprint density at radius 2 is 1.89 bits per heavy atom. The third-order valence-corrected chi connectivity index (χ3v) is 6.51. The van der Waals surface area contributed by atoms with Gasteiger partial charge in [-0.1, -0.05) is 18.2 Å². The third kappa shape index (κ3) is 3.99. The molecule has 0 radical (unpaired) electrons. The van der Waals surface area contributed by atoms with Crippen molar-refractivity contribution in [2.24, 2.45) is 4.99 Å². The van der Waals surface area contributed by atoms with Crippen LogP contribution in [0.2, 0.25) is 0 Å². The third-order valence-electron chi connectivity index (χ3n) is 4.76. The van der Waals surface area contributed by atoms with Crippen molar-refractivity contribution in [3.8, 4) is 22.7 Å². The van der Waals surface area contributed by atoms with Crippen molar-refractivity contribution in [3.05, 3.63) is 66.4 Å². The van der Waals surface area contributed by atoms with E-state index >= 15 is 0 Å². The minimum atomic E-state index is -2.96. The zero-order valence-corrected chi connectivity index (χ0v) is 16.3. The van der Waals surface area contributed by atoms with Gasteiger partial charge in [0.25, 0.3) is 0 Å². The fraction of sp³-hybridized carbons (Fsp3) is 0.238. The molecule has 28 heavy (non-hydrogen) atoms. The lowest BCUT2D eigenvalue weighted by atomic mass is 10.1. The topological polar surface area (TPSA) is 73.5 Å². The highest BCUT2D eigenvalue weighted by atomic mass is 32.2. The van der Waals surface area contributed by atoms with Gasteiger partial charge < -0.3 is 4.74 Å². The number of hydrogen-bond acceptors (Lipinski definition) is 5. The lowest BCUT2D eigenvalue weighted by Crippen LogP contribution is -2.07. The number of aromatic nitrogens is 2. The fourth-order valence-corrected chi connectivity index (χ4v) is 4.88. The van der Waals surface area contributed by atoms with Crippen LogP contribution in [0.3, 0.4) is 0 Å². The van der Waals surface area contributed by atoms with E-state index in [1.54, 1.807) is 13.3 Å². The molecule has 0 spiro atoms. The maximum absolute atomic E-state index is 11.7. The molecule has 144 valence electrons. The van der Waals surface area contributed by atoms with Crippen LogP contribution in [-0.2, 0) is 9.84 Å². The monoisotopic (exact) mass is 395 g/mol. The second kappa shape index (κ2) is 7.59. The summed E-state index contributed by atoms with van der Waals surface area (Å²) in [5.74, 6) is 1.11. The molecule has 1 aliphatic heterocycles. The SMILES string of the molecule is COc1ccc(-c2nn(-c3ccccc3)cc2C=NC2CCS(=O)(=O)C2)cc1. The smallest absolute Gasteiger partial charge is 0.152 e. The van der Waals surface area contributed by atoms with Crippen LogP contribution in [0.15, 0.2) is 65.8 Å². The summed E-state index contributed by atoms with van der Waals surface area (Å²) in [4.78, 5) is 4.53. The molecule has 1 unspecified atom stereocenters. The zero-order chi connectivity index (χ0) is 19.6. The van der Waals surface area contributed by atoms with Crippen LogP contribution in [0.5, 0.6) is 5.75 Å². The van der Waals surface area contributed by atoms with E-state index in [1.807, 2.05) is 65.5 Å². The Hall–Kier alpha value is -2.93. The van der Waals surface area contributed by atoms with E-state index in [2.05, 4.69) is 4.99 Å². The Morgan fingerprint density at radius 3 is 2.54 bits per heavy atom. The van der Waals surface area contributed by atoms with Gasteiger partial charge in [0.15, 0.2) is 9.84 Å². The normalized spacial score (nSPS) is 18.5. The van der Waals surface area contributed by atoms with Crippen LogP contribution >= 0.6 is 0 Å². The number of para-hydroxylation sites is 1. The van der Waals surface area contributed by atoms with Crippen molar-refractivity contribution < 1.29 is 13.2 Å². The molecule has 0 bridgehead atoms. The van der Waals surface area contributed by atoms with E-state index in [-0.39, 0.29) is 17.5 Å². The Balaban J connectivity index is 1.71. The van der Waals surface area contributed by atoms with Crippen LogP contribution in [0.1, 0.15) is 12.0 Å². The van der Waals surface area contributed by atoms with E-state index < -0.39 is 9.84 Å². The summed E-state index contributed by atoms with van der Waals surface area (Å²) in [6.45, 7) is 0. The first kappa shape index (κ1) is 18.4. The van der Waals surface area contributed by atoms with Crippen molar-refractivity contribution >= 4 is 16.1 Å². The highest BCUT2D eigenvalue weighted by molar-refractivity contribution is 7.91. The van der Waals surface area contributed by atoms with Crippen molar-refractivity contribution in [2.45, 2.75) is 12.5 Å². The zero-order valence-electron chi connectivity index (χ0n) is 15.5. The largest absolute Gasteiger partial charge is 0.497 e. The van der Waals surface area contributed by atoms with Crippen LogP contribution in [0.25, 0.3) is 16.9 Å². The molecule has 3 aromatic rings. The van der Waals surface area contributed by atoms with Crippen molar-refractivity contribution in [1.29, 1.82) is 0 Å². The Labute approximate surface area is 164 Å². The Kier molecular flexibility index (Phi) is 5.00. The van der Waals surface area contributed by atoms with Crippen molar-refractivity contribution in [1.82, 2.24) is 9.78 Å². The molecule has 7 heteroatoms. The van der Waals surface area contributed by atoms with Gasteiger partial charge in [0.2, 0.25) is 0 Å². The second-order valence-electron chi connectivity index (χ2n) is 6.78. The lowest BCUT2D eigenvalue weighted by Gasteiger charge is -2.03. The standard InChI is InChI=1S/C21H21N3O3S/c1-27-20-9-7-16(8-10-20)21-17(13-22-18-11-12-28(25,26)15-18)14-24(23-21)19-5-3-2-4-6-19/h2-10,13-14,18H,11-12,15H2,1H3. The maximum Gasteiger partial charge on any atom is 0.152 e. The summed E-state index contributed by atoms with van der Waals surface area (Å²) in [5.41, 5.74) is 3.52. The predicted octanol–water partition coefficient (Wildman–Crippen LogP) is 3.15. The molecule has 0 amide bonds. The molecule has 2 heterocycles. The van der Waals surface area contributed by atoms with Crippen molar-refractivity contribution in [2.75, 3.05) is 18.6 Å². The number of methoxy groups -OCH3 is 1. The van der Waals surface area contributed by atoms with Gasteiger partial charge in [-0.05, 0) is 42.8 Å². The second-order valence-corrected chi connectivity index (χ2v) is 9.01. The quantitative estimate of drug-likeness (QED) is 0.622. The van der Waals surface area contributed by atoms with Crippen LogP contribution in [0, 0.1) is 0 Å². The summed E-state index contributed by atoms with van der Waals surface area (Å²) in [6, 6.07) is 17.3. The summed E-state index contributed by atoms with van der Waals surface area (Å²) in [5, 5.41) is 4.75. The number of aliphatic imine (C=N–C) groups is 1. The van der Waals surface area contributed by atoms with E-state index in [0.29, 0.717) is 6.42 Å². The van der Waals surface area contributed by atoms with Gasteiger partial charge in [-0.15, -0.1) is 0 Å². The first-order valence-corrected chi connectivity index (χ1v) is 10.9. The van der Waals surface area contributed by atoms with E-state index in [0.717, 1.165) is 28.3 Å². The highest BCUT2D eigenvalue weighted by Gasteiger charge is 2.27. The molecule has 2 aromatic carbocycles. The average Bonchev–Trinajstić information content (AvgIpc) is 3.30. The van der Waals surface area contributed by atoms with Crippen LogP contribution in [-0.4, -0.2) is 49.1 Å². The summed E-state index contributed by atoms with van der Waals surface area (Å²) < 4.78 is 30.4. The van der Waals surface area contributed by atoms with E-state index in [9.17, 15) is 8.42 Å². The number of nitrogens with zero attached hydrogens (tertiary/aromatic N) is 3. The Bertz CT molecular complexity index is 1090. The first-order chi connectivity index (χ1) is 13.5. The molecule has 1 fully saturated rings. The average molecular weight is 395 g/mol. The molecule has 1 aliphatic rings. The summed E-state index contributed by atoms with van der Waals surface area (Å²) in [6.07, 6.45) is 4.24. The molecule has 0 saturated carbocycles. The molecule has 0 aliphatic carbocycles. The van der Waals surface area contributed by atoms with Gasteiger partial charge >= 0.3 is 0 Å². The maximum atomic E-state index is 11.7. The molecule has 0 N–H and O–H groups in total. The molecule has 1 atom stereocenters. The Morgan fingerprint density at radius 1 is 1.14 bits per heavy atom. The predicted molar refractivity (Wildman–Crippen MR) is 110 cm³/mol. The molecular formula is C21H21N3O3S. The molecule has 6 nitrogen and oxygen atoms in total. The van der Waals surface area contributed by atoms with Gasteiger partial charge in [-0.3, -0.25) is 4.99 Å². The number of ether oxygens (including phenoxy) is 1. The first-order valence-electron chi connectivity index (χ1n) is 9.07. The van der Waals surface area contributed by atoms with Gasteiger partial charge in [0.1, 0.15) is 11.4 Å². The number of benzene rings is 2. The lowest BCUT2D eigenvalue weighted by molar-refractivity contribution is 0.415. The van der Waals surface area contributed by atoms with Gasteiger partial charge in [-0.25, -0.2) is 13.1 Å². The summed E-state index contributed by atoms with van der Waals surface area (Å²) in [7, 11) is -1.32. The van der Waals surface area contributed by atoms with E-state index in [1.165, 1.54) is 0 Å². The molecule has 4 rings (SSSR count). The number of sulfone groups is 1. The van der Waals surface area contributed by atoms with Crippen molar-refractivity contribution in [3.63, 3.8) is 0 Å². The minimum absolute atomic E-state index is 0.119. The summed E-state index contributed by atoms with van der Waals surface area (Å²) >= 11 is 0. The van der Waals surface area contributed by atoms with Gasteiger partial charge in [0.05, 0.1) is 30.3 Å². The minimum Gasteiger partial charge on any atom is -0.497 e. The van der Waals surface area contributed by atoms with E-state index in [4.69, 9.17) is 9.84 Å². The van der Waals surface area contributed by atoms with Crippen LogP contribution in [0.4, 0.5) is 0 Å². The van der Waals surface area contributed by atoms with Gasteiger partial charge in [0, 0.05) is 23.5 Å². The van der Waals surface area contributed by atoms with Gasteiger partial charge in [-0.2, -0.15) is 5.10 Å². The fourth-order valence-electron chi connectivity index (χ4n) is 3.25. The number of hydrogen-bond donors (Lipinski definition) is 0. The molecule has 1 aromatic heterocycles. The highest BCUT2D eigenvalue weighted by Crippen LogP contribution is 2.25. The number of rotatable bonds is 5. The molecular weight excluding hydrogens is 374 g/mol. The van der Waals surface area contributed by atoms with Crippen LogP contribution < -0.4 is 4.74 Å².